The van der Waals surface area contributed by atoms with Gasteiger partial charge in [0, 0.05) is 36.5 Å². The molecule has 0 saturated carbocycles. The van der Waals surface area contributed by atoms with E-state index in [0.29, 0.717) is 47.3 Å². The Labute approximate surface area is 186 Å². The van der Waals surface area contributed by atoms with Crippen molar-refractivity contribution in [2.45, 2.75) is 44.8 Å². The lowest BCUT2D eigenvalue weighted by Gasteiger charge is -2.36. The second-order valence-electron chi connectivity index (χ2n) is 8.57. The normalized spacial score (nSPS) is 18.2. The number of ether oxygens (including phenoxy) is 1. The van der Waals surface area contributed by atoms with Gasteiger partial charge in [0.1, 0.15) is 11.4 Å². The van der Waals surface area contributed by atoms with Crippen LogP contribution in [0.1, 0.15) is 47.3 Å². The molecular weight excluding hydrogens is 419 g/mol. The summed E-state index contributed by atoms with van der Waals surface area (Å²) in [5.74, 6) is 0.201. The van der Waals surface area contributed by atoms with Crippen LogP contribution in [0.3, 0.4) is 0 Å². The molecule has 0 atom stereocenters. The van der Waals surface area contributed by atoms with Gasteiger partial charge in [-0.2, -0.15) is 13.2 Å². The van der Waals surface area contributed by atoms with Gasteiger partial charge in [-0.15, -0.1) is 0 Å². The van der Waals surface area contributed by atoms with Crippen LogP contribution in [0.25, 0.3) is 11.1 Å². The lowest BCUT2D eigenvalue weighted by atomic mass is 10.00. The summed E-state index contributed by atoms with van der Waals surface area (Å²) < 4.78 is 44.8. The number of methoxy groups -OCH3 is 1. The van der Waals surface area contributed by atoms with E-state index in [2.05, 4.69) is 9.88 Å². The Bertz CT molecular complexity index is 979. The summed E-state index contributed by atoms with van der Waals surface area (Å²) in [5, 5.41) is 0. The number of alkyl halides is 3. The average molecular weight is 448 g/mol. The molecule has 2 saturated heterocycles. The van der Waals surface area contributed by atoms with Gasteiger partial charge in [-0.05, 0) is 75.5 Å². The molecule has 3 heterocycles. The molecule has 1 amide bonds. The number of carbonyl (C=O) groups is 1. The van der Waals surface area contributed by atoms with E-state index >= 15 is 0 Å². The summed E-state index contributed by atoms with van der Waals surface area (Å²) in [7, 11) is 1.41. The number of halogens is 3. The van der Waals surface area contributed by atoms with Crippen LogP contribution in [0.5, 0.6) is 5.75 Å². The number of aromatic nitrogens is 1. The minimum absolute atomic E-state index is 0.120. The molecule has 4 rings (SSSR count). The van der Waals surface area contributed by atoms with Gasteiger partial charge in [0.15, 0.2) is 0 Å². The fourth-order valence-corrected chi connectivity index (χ4v) is 4.75. The fourth-order valence-electron chi connectivity index (χ4n) is 4.75. The lowest BCUT2D eigenvalue weighted by Crippen LogP contribution is -2.46. The first-order valence-electron chi connectivity index (χ1n) is 11.0. The molecule has 2 aliphatic rings. The van der Waals surface area contributed by atoms with Crippen molar-refractivity contribution in [3.8, 4) is 16.9 Å². The third kappa shape index (κ3) is 4.60. The molecule has 32 heavy (non-hydrogen) atoms. The standard InChI is InChI=1S/C24H28F3N3O2/c1-16-13-17(20-14-18(24(25,26)27)5-6-21(20)32-2)15-28-22(16)23(31)30-11-7-19(8-12-30)29-9-3-4-10-29/h5-6,13-15,19H,3-4,7-12H2,1-2H3. The summed E-state index contributed by atoms with van der Waals surface area (Å²) in [5.41, 5.74) is 0.998. The third-order valence-corrected chi connectivity index (χ3v) is 6.53. The van der Waals surface area contributed by atoms with Crippen LogP contribution in [0.4, 0.5) is 13.2 Å². The van der Waals surface area contributed by atoms with Crippen molar-refractivity contribution in [2.24, 2.45) is 0 Å². The van der Waals surface area contributed by atoms with E-state index in [1.165, 1.54) is 32.2 Å². The molecule has 5 nitrogen and oxygen atoms in total. The van der Waals surface area contributed by atoms with Crippen molar-refractivity contribution in [3.63, 3.8) is 0 Å². The predicted molar refractivity (Wildman–Crippen MR) is 116 cm³/mol. The van der Waals surface area contributed by atoms with E-state index in [4.69, 9.17) is 4.74 Å². The molecule has 1 aromatic heterocycles. The van der Waals surface area contributed by atoms with E-state index in [0.717, 1.165) is 38.1 Å². The van der Waals surface area contributed by atoms with E-state index in [1.807, 2.05) is 4.90 Å². The number of aryl methyl sites for hydroxylation is 1. The highest BCUT2D eigenvalue weighted by molar-refractivity contribution is 5.94. The monoisotopic (exact) mass is 447 g/mol. The van der Waals surface area contributed by atoms with Crippen LogP contribution in [0, 0.1) is 6.92 Å². The molecule has 2 aliphatic heterocycles. The largest absolute Gasteiger partial charge is 0.496 e. The van der Waals surface area contributed by atoms with Crippen LogP contribution >= 0.6 is 0 Å². The Morgan fingerprint density at radius 3 is 2.38 bits per heavy atom. The number of piperidine rings is 1. The first-order chi connectivity index (χ1) is 15.3. The lowest BCUT2D eigenvalue weighted by molar-refractivity contribution is -0.137. The zero-order valence-corrected chi connectivity index (χ0v) is 18.4. The van der Waals surface area contributed by atoms with Gasteiger partial charge >= 0.3 is 6.18 Å². The molecule has 172 valence electrons. The van der Waals surface area contributed by atoms with Crippen LogP contribution < -0.4 is 4.74 Å². The van der Waals surface area contributed by atoms with Crippen molar-refractivity contribution in [1.29, 1.82) is 0 Å². The molecule has 0 aliphatic carbocycles. The van der Waals surface area contributed by atoms with Crippen LogP contribution in [0.2, 0.25) is 0 Å². The molecule has 2 aromatic rings. The highest BCUT2D eigenvalue weighted by Gasteiger charge is 2.32. The van der Waals surface area contributed by atoms with Gasteiger partial charge in [0.25, 0.3) is 5.91 Å². The maximum atomic E-state index is 13.2. The third-order valence-electron chi connectivity index (χ3n) is 6.53. The van der Waals surface area contributed by atoms with Crippen LogP contribution in [0.15, 0.2) is 30.5 Å². The number of amides is 1. The summed E-state index contributed by atoms with van der Waals surface area (Å²) in [6.07, 6.45) is 1.43. The van der Waals surface area contributed by atoms with Gasteiger partial charge in [0.05, 0.1) is 12.7 Å². The van der Waals surface area contributed by atoms with Crippen molar-refractivity contribution >= 4 is 5.91 Å². The number of rotatable bonds is 4. The number of pyridine rings is 1. The molecule has 8 heteroatoms. The summed E-state index contributed by atoms with van der Waals surface area (Å²) >= 11 is 0. The van der Waals surface area contributed by atoms with Gasteiger partial charge in [0.2, 0.25) is 0 Å². The highest BCUT2D eigenvalue weighted by Crippen LogP contribution is 2.37. The minimum Gasteiger partial charge on any atom is -0.496 e. The van der Waals surface area contributed by atoms with Crippen LogP contribution in [-0.2, 0) is 6.18 Å². The van der Waals surface area contributed by atoms with Crippen molar-refractivity contribution < 1.29 is 22.7 Å². The highest BCUT2D eigenvalue weighted by atomic mass is 19.4. The zero-order valence-electron chi connectivity index (χ0n) is 18.4. The molecule has 1 aromatic carbocycles. The van der Waals surface area contributed by atoms with Crippen molar-refractivity contribution in [2.75, 3.05) is 33.3 Å². The first kappa shape index (κ1) is 22.6. The van der Waals surface area contributed by atoms with Gasteiger partial charge < -0.3 is 14.5 Å². The summed E-state index contributed by atoms with van der Waals surface area (Å²) in [6, 6.07) is 5.60. The smallest absolute Gasteiger partial charge is 0.416 e. The fraction of sp³-hybridized carbons (Fsp3) is 0.500. The molecule has 0 bridgehead atoms. The summed E-state index contributed by atoms with van der Waals surface area (Å²) in [6.45, 7) is 5.47. The zero-order chi connectivity index (χ0) is 22.9. The average Bonchev–Trinajstić information content (AvgIpc) is 3.32. The summed E-state index contributed by atoms with van der Waals surface area (Å²) in [4.78, 5) is 21.8. The second-order valence-corrected chi connectivity index (χ2v) is 8.57. The quantitative estimate of drug-likeness (QED) is 0.677. The van der Waals surface area contributed by atoms with Gasteiger partial charge in [-0.25, -0.2) is 0 Å². The number of nitrogens with zero attached hydrogens (tertiary/aromatic N) is 3. The van der Waals surface area contributed by atoms with Crippen molar-refractivity contribution in [1.82, 2.24) is 14.8 Å². The number of hydrogen-bond donors (Lipinski definition) is 0. The van der Waals surface area contributed by atoms with Crippen LogP contribution in [-0.4, -0.2) is 60.0 Å². The Balaban J connectivity index is 1.52. The Morgan fingerprint density at radius 2 is 1.78 bits per heavy atom. The molecule has 2 fully saturated rings. The Kier molecular flexibility index (Phi) is 6.42. The van der Waals surface area contributed by atoms with Gasteiger partial charge in [-0.3, -0.25) is 9.78 Å². The van der Waals surface area contributed by atoms with Gasteiger partial charge in [-0.1, -0.05) is 0 Å². The van der Waals surface area contributed by atoms with E-state index in [1.54, 1.807) is 13.0 Å². The maximum Gasteiger partial charge on any atom is 0.416 e. The number of hydrogen-bond acceptors (Lipinski definition) is 4. The van der Waals surface area contributed by atoms with Crippen molar-refractivity contribution in [3.05, 3.63) is 47.3 Å². The minimum atomic E-state index is -4.46. The molecule has 0 N–H and O–H groups in total. The number of carbonyl (C=O) groups excluding carboxylic acids is 1. The predicted octanol–water partition coefficient (Wildman–Crippen LogP) is 4.78. The second kappa shape index (κ2) is 9.10. The maximum absolute atomic E-state index is 13.2. The molecular formula is C24H28F3N3O2. The Morgan fingerprint density at radius 1 is 1.09 bits per heavy atom. The topological polar surface area (TPSA) is 45.7 Å². The van der Waals surface area contributed by atoms with E-state index in [-0.39, 0.29) is 5.91 Å². The molecule has 0 radical (unpaired) electrons. The first-order valence-corrected chi connectivity index (χ1v) is 11.0. The Hall–Kier alpha value is -2.61. The SMILES string of the molecule is COc1ccc(C(F)(F)F)cc1-c1cnc(C(=O)N2CCC(N3CCCC3)CC2)c(C)c1. The van der Waals surface area contributed by atoms with E-state index in [9.17, 15) is 18.0 Å². The van der Waals surface area contributed by atoms with E-state index < -0.39 is 11.7 Å². The molecule has 0 unspecified atom stereocenters. The number of benzene rings is 1. The molecule has 0 spiro atoms. The number of likely N-dealkylation sites (tertiary alicyclic amines) is 2.